The van der Waals surface area contributed by atoms with Gasteiger partial charge in [-0.15, -0.1) is 32.9 Å². The molecule has 0 aliphatic carbocycles. The number of aryl methyl sites for hydroxylation is 4. The predicted octanol–water partition coefficient (Wildman–Crippen LogP) is 16.2. The van der Waals surface area contributed by atoms with Gasteiger partial charge in [0.15, 0.2) is 0 Å². The number of allylic oxidation sites excluding steroid dienone is 3. The number of hydrogen-bond donors (Lipinski definition) is 0. The Hall–Kier alpha value is -12.0. The number of amides is 10. The van der Waals surface area contributed by atoms with E-state index in [9.17, 15) is 47.9 Å². The van der Waals surface area contributed by atoms with Gasteiger partial charge in [-0.2, -0.15) is 0 Å². The first-order valence-corrected chi connectivity index (χ1v) is 33.8. The van der Waals surface area contributed by atoms with E-state index in [1.165, 1.54) is 76.1 Å². The molecule has 0 atom stereocenters. The van der Waals surface area contributed by atoms with Crippen molar-refractivity contribution in [2.24, 2.45) is 0 Å². The number of nitrogens with zero attached hydrogens (tertiary/aromatic N) is 5. The van der Waals surface area contributed by atoms with Gasteiger partial charge < -0.3 is 14.2 Å². The summed E-state index contributed by atoms with van der Waals surface area (Å²) in [6.07, 6.45) is 29.0. The second-order valence-electron chi connectivity index (χ2n) is 22.1. The van der Waals surface area contributed by atoms with Crippen molar-refractivity contribution in [1.29, 1.82) is 0 Å². The fraction of sp³-hybridized carbons (Fsp3) is 0.218. The standard InChI is InChI=1S/C27H26N2O4.3C10H7NO2.C8H8.2C4H8O.3C4H8.C2H6O/c1-5-20-14-18(11-16(3)26(20)28-22(30)7-8-23(28)31)13-19-12-17(4)27(21(6-2)15-19)29-24(32)9-10-25(29)33;3*12-9-6-7-10(13)11(9)8-4-2-1-3-5-8;1-2-8-6-4-3-5-7-8;2*1-3-4-5-2;3*1-3-4-2;1-3-2/h7-12,14-15H,5-6,13H2,1-4H3;3*1-7H;2-7H,1H2;2*3H,1,4H2,2H3;3*3H,1,4H2,2H3;1-2H3. The van der Waals surface area contributed by atoms with E-state index in [1.54, 1.807) is 113 Å². The van der Waals surface area contributed by atoms with Gasteiger partial charge in [0.25, 0.3) is 59.1 Å². The van der Waals surface area contributed by atoms with Gasteiger partial charge in [0.1, 0.15) is 0 Å². The van der Waals surface area contributed by atoms with Crippen LogP contribution in [0.2, 0.25) is 0 Å². The van der Waals surface area contributed by atoms with Gasteiger partial charge in [0, 0.05) is 89.2 Å². The lowest BCUT2D eigenvalue weighted by Crippen LogP contribution is -2.31. The highest BCUT2D eigenvalue weighted by Crippen LogP contribution is 2.34. The monoisotopic (exact) mass is 1420 g/mol. The lowest BCUT2D eigenvalue weighted by Gasteiger charge is -2.23. The number of methoxy groups -OCH3 is 3. The Labute approximate surface area is 621 Å². The minimum Gasteiger partial charge on any atom is -0.388 e. The Morgan fingerprint density at radius 2 is 0.543 bits per heavy atom. The lowest BCUT2D eigenvalue weighted by atomic mass is 9.93. The van der Waals surface area contributed by atoms with E-state index in [2.05, 4.69) is 74.5 Å². The van der Waals surface area contributed by atoms with Gasteiger partial charge in [0.2, 0.25) is 0 Å². The van der Waals surface area contributed by atoms with Crippen LogP contribution in [0.25, 0.3) is 6.08 Å². The predicted molar refractivity (Wildman–Crippen MR) is 426 cm³/mol. The van der Waals surface area contributed by atoms with E-state index in [4.69, 9.17) is 0 Å². The van der Waals surface area contributed by atoms with Crippen LogP contribution in [0.1, 0.15) is 92.8 Å². The van der Waals surface area contributed by atoms with E-state index in [1.807, 2.05) is 125 Å². The van der Waals surface area contributed by atoms with Crippen molar-refractivity contribution in [3.8, 4) is 0 Å². The summed E-state index contributed by atoms with van der Waals surface area (Å²) in [5.74, 6) is -2.95. The Kier molecular flexibility index (Phi) is 45.9. The van der Waals surface area contributed by atoms with Crippen LogP contribution in [-0.4, -0.2) is 101 Å². The highest BCUT2D eigenvalue weighted by Gasteiger charge is 2.31. The van der Waals surface area contributed by atoms with Crippen LogP contribution < -0.4 is 24.5 Å². The van der Waals surface area contributed by atoms with E-state index < -0.39 is 0 Å². The molecule has 0 N–H and O–H groups in total. The molecule has 18 heteroatoms. The van der Waals surface area contributed by atoms with Crippen LogP contribution in [-0.2, 0) is 81.4 Å². The minimum absolute atomic E-state index is 0.281. The SMILES string of the molecule is C=CCC.C=CCC.C=CCC.C=CCOC.C=CCOC.C=Cc1ccccc1.CCc1cc(Cc2cc(C)c(N3C(=O)C=CC3=O)c(CC)c2)cc(C)c1N1C(=O)C=CC1=O.COC.O=C1C=CC(=O)N1c1ccccc1.O=C1C=CC(=O)N1c1ccccc1.O=C1C=CC(=O)N1c1ccccc1. The first kappa shape index (κ1) is 91.1. The molecular weight excluding hydrogens is 1320 g/mol. The first-order chi connectivity index (χ1) is 50.5. The number of anilines is 5. The van der Waals surface area contributed by atoms with Crippen LogP contribution in [0, 0.1) is 13.8 Å². The molecular formula is C87H101N5O13. The molecule has 0 bridgehead atoms. The highest BCUT2D eigenvalue weighted by molar-refractivity contribution is 6.31. The summed E-state index contributed by atoms with van der Waals surface area (Å²) in [4.78, 5) is 122. The van der Waals surface area contributed by atoms with E-state index >= 15 is 0 Å². The van der Waals surface area contributed by atoms with Crippen LogP contribution in [0.4, 0.5) is 28.4 Å². The number of carbonyl (C=O) groups excluding carboxylic acids is 10. The van der Waals surface area contributed by atoms with Gasteiger partial charge in [-0.1, -0.05) is 187 Å². The Morgan fingerprint density at radius 3 is 0.714 bits per heavy atom. The summed E-state index contributed by atoms with van der Waals surface area (Å²) in [6, 6.07) is 44.7. The smallest absolute Gasteiger partial charge is 0.258 e. The van der Waals surface area contributed by atoms with Crippen molar-refractivity contribution >= 4 is 93.6 Å². The molecule has 5 aliphatic heterocycles. The van der Waals surface area contributed by atoms with Crippen molar-refractivity contribution in [2.75, 3.05) is 66.2 Å². The average molecular weight is 1420 g/mol. The second-order valence-corrected chi connectivity index (χ2v) is 22.1. The molecule has 10 amide bonds. The zero-order chi connectivity index (χ0) is 78.7. The van der Waals surface area contributed by atoms with Gasteiger partial charge in [0.05, 0.1) is 41.7 Å². The molecule has 0 saturated heterocycles. The molecule has 105 heavy (non-hydrogen) atoms. The normalized spacial score (nSPS) is 12.9. The third-order valence-electron chi connectivity index (χ3n) is 14.1. The molecule has 11 rings (SSSR count). The molecule has 552 valence electrons. The molecule has 0 aromatic heterocycles. The van der Waals surface area contributed by atoms with Gasteiger partial charge >= 0.3 is 0 Å². The number of rotatable bonds is 17. The molecule has 18 nitrogen and oxygen atoms in total. The van der Waals surface area contributed by atoms with E-state index in [0.29, 0.717) is 60.9 Å². The fourth-order valence-electron chi connectivity index (χ4n) is 9.25. The van der Waals surface area contributed by atoms with Gasteiger partial charge in [-0.25, -0.2) is 24.5 Å². The number of carbonyl (C=O) groups is 10. The average Bonchev–Trinajstić information content (AvgIpc) is 1.77. The minimum atomic E-state index is -0.315. The van der Waals surface area contributed by atoms with Gasteiger partial charge in [-0.05, 0) is 128 Å². The zero-order valence-corrected chi connectivity index (χ0v) is 62.5. The maximum absolute atomic E-state index is 12.2. The number of benzene rings is 6. The molecule has 5 aliphatic rings. The van der Waals surface area contributed by atoms with Crippen molar-refractivity contribution < 1.29 is 62.2 Å². The third kappa shape index (κ3) is 31.4. The Bertz CT molecular complexity index is 3620. The van der Waals surface area contributed by atoms with E-state index in [0.717, 1.165) is 67.3 Å². The van der Waals surface area contributed by atoms with Crippen LogP contribution in [0.3, 0.4) is 0 Å². The van der Waals surface area contributed by atoms with Crippen molar-refractivity contribution in [3.63, 3.8) is 0 Å². The summed E-state index contributed by atoms with van der Waals surface area (Å²) >= 11 is 0. The van der Waals surface area contributed by atoms with E-state index in [-0.39, 0.29) is 59.1 Å². The van der Waals surface area contributed by atoms with Crippen molar-refractivity contribution in [1.82, 2.24) is 0 Å². The molecule has 6 aromatic carbocycles. The topological polar surface area (TPSA) is 215 Å². The maximum Gasteiger partial charge on any atom is 0.258 e. The first-order valence-electron chi connectivity index (χ1n) is 33.8. The Morgan fingerprint density at radius 1 is 0.324 bits per heavy atom. The quantitative estimate of drug-likeness (QED) is 0.0614. The molecule has 5 heterocycles. The number of hydrogen-bond acceptors (Lipinski definition) is 13. The lowest BCUT2D eigenvalue weighted by molar-refractivity contribution is -0.121. The molecule has 0 saturated carbocycles. The van der Waals surface area contributed by atoms with Crippen LogP contribution in [0.15, 0.2) is 276 Å². The fourth-order valence-corrected chi connectivity index (χ4v) is 9.25. The third-order valence-corrected chi connectivity index (χ3v) is 14.1. The summed E-state index contributed by atoms with van der Waals surface area (Å²) in [5.41, 5.74) is 10.1. The summed E-state index contributed by atoms with van der Waals surface area (Å²) in [7, 11) is 6.53. The summed E-state index contributed by atoms with van der Waals surface area (Å²) in [5, 5.41) is 0. The van der Waals surface area contributed by atoms with Crippen LogP contribution in [0.5, 0.6) is 0 Å². The number of imide groups is 5. The van der Waals surface area contributed by atoms with Gasteiger partial charge in [-0.3, -0.25) is 47.9 Å². The largest absolute Gasteiger partial charge is 0.388 e. The number of para-hydroxylation sites is 3. The zero-order valence-electron chi connectivity index (χ0n) is 62.5. The maximum atomic E-state index is 12.2. The van der Waals surface area contributed by atoms with Crippen molar-refractivity contribution in [2.45, 2.75) is 87.0 Å². The Balaban J connectivity index is 0.000000645. The summed E-state index contributed by atoms with van der Waals surface area (Å²) < 4.78 is 13.4. The molecule has 0 unspecified atom stereocenters. The number of ether oxygens (including phenoxy) is 3. The van der Waals surface area contributed by atoms with Crippen LogP contribution >= 0.6 is 0 Å². The summed E-state index contributed by atoms with van der Waals surface area (Å²) in [6.45, 7) is 36.3. The van der Waals surface area contributed by atoms with Crippen molar-refractivity contribution in [3.05, 3.63) is 315 Å². The molecule has 0 radical (unpaired) electrons. The molecule has 0 spiro atoms. The molecule has 0 fully saturated rings. The molecule has 6 aromatic rings. The highest BCUT2D eigenvalue weighted by atomic mass is 16.5. The second kappa shape index (κ2) is 52.9.